The summed E-state index contributed by atoms with van der Waals surface area (Å²) in [6.07, 6.45) is 7.20. The van der Waals surface area contributed by atoms with Crippen molar-refractivity contribution < 1.29 is 4.79 Å². The van der Waals surface area contributed by atoms with Crippen LogP contribution in [0.3, 0.4) is 0 Å². The Morgan fingerprint density at radius 3 is 2.84 bits per heavy atom. The third-order valence-electron chi connectivity index (χ3n) is 3.42. The van der Waals surface area contributed by atoms with Crippen molar-refractivity contribution in [2.75, 3.05) is 13.1 Å². The zero-order valence-corrected chi connectivity index (χ0v) is 12.7. The lowest BCUT2D eigenvalue weighted by Gasteiger charge is -2.21. The van der Waals surface area contributed by atoms with E-state index in [-0.39, 0.29) is 18.3 Å². The van der Waals surface area contributed by atoms with Gasteiger partial charge in [0.05, 0.1) is 5.01 Å². The maximum Gasteiger partial charge on any atom is 0.270 e. The summed E-state index contributed by atoms with van der Waals surface area (Å²) in [5.74, 6) is 0.616. The molecule has 0 aliphatic heterocycles. The summed E-state index contributed by atoms with van der Waals surface area (Å²) in [6, 6.07) is 0. The predicted molar refractivity (Wildman–Crippen MR) is 81.0 cm³/mol. The molecule has 0 atom stereocenters. The number of carbonyl (C=O) groups is 1. The molecule has 0 aromatic carbocycles. The van der Waals surface area contributed by atoms with Gasteiger partial charge in [-0.05, 0) is 25.3 Å². The molecule has 0 bridgehead atoms. The van der Waals surface area contributed by atoms with Crippen LogP contribution in [0.5, 0.6) is 0 Å². The number of rotatable bonds is 5. The fourth-order valence-corrected chi connectivity index (χ4v) is 3.17. The minimum absolute atomic E-state index is 0. The van der Waals surface area contributed by atoms with E-state index in [9.17, 15) is 4.79 Å². The van der Waals surface area contributed by atoms with Gasteiger partial charge in [-0.15, -0.1) is 23.7 Å². The highest BCUT2D eigenvalue weighted by Gasteiger charge is 2.16. The monoisotopic (exact) mass is 303 g/mol. The standard InChI is InChI=1S/C13H21N3OS.ClH/c14-7-6-12-16-11(9-18-12)13(17)15-8-10-4-2-1-3-5-10;/h9-10H,1-8,14H2,(H,15,17);1H. The van der Waals surface area contributed by atoms with Crippen LogP contribution < -0.4 is 11.1 Å². The van der Waals surface area contributed by atoms with E-state index in [0.29, 0.717) is 18.2 Å². The molecular formula is C13H22ClN3OS. The summed E-state index contributed by atoms with van der Waals surface area (Å²) in [5, 5.41) is 5.76. The molecule has 0 spiro atoms. The van der Waals surface area contributed by atoms with Gasteiger partial charge in [0.15, 0.2) is 0 Å². The smallest absolute Gasteiger partial charge is 0.270 e. The molecule has 0 saturated heterocycles. The maximum atomic E-state index is 11.9. The maximum absolute atomic E-state index is 11.9. The number of amides is 1. The number of halogens is 1. The van der Waals surface area contributed by atoms with E-state index in [1.807, 2.05) is 5.38 Å². The predicted octanol–water partition coefficient (Wildman–Crippen LogP) is 2.38. The number of nitrogens with one attached hydrogen (secondary N) is 1. The minimum atomic E-state index is -0.0416. The fourth-order valence-electron chi connectivity index (χ4n) is 2.37. The molecule has 4 nitrogen and oxygen atoms in total. The molecule has 19 heavy (non-hydrogen) atoms. The van der Waals surface area contributed by atoms with Gasteiger partial charge in [0, 0.05) is 18.3 Å². The van der Waals surface area contributed by atoms with Crippen LogP contribution >= 0.6 is 23.7 Å². The van der Waals surface area contributed by atoms with Gasteiger partial charge in [-0.2, -0.15) is 0 Å². The average molecular weight is 304 g/mol. The van der Waals surface area contributed by atoms with Gasteiger partial charge in [-0.25, -0.2) is 4.98 Å². The Balaban J connectivity index is 0.00000180. The molecule has 1 fully saturated rings. The average Bonchev–Trinajstić information content (AvgIpc) is 2.86. The number of nitrogens with two attached hydrogens (primary N) is 1. The first-order chi connectivity index (χ1) is 8.79. The molecular weight excluding hydrogens is 282 g/mol. The van der Waals surface area contributed by atoms with Gasteiger partial charge in [0.25, 0.3) is 5.91 Å². The molecule has 1 amide bonds. The first-order valence-corrected chi connectivity index (χ1v) is 7.60. The molecule has 1 aliphatic rings. The van der Waals surface area contributed by atoms with Crippen molar-refractivity contribution in [3.05, 3.63) is 16.1 Å². The third-order valence-corrected chi connectivity index (χ3v) is 4.33. The van der Waals surface area contributed by atoms with E-state index in [1.54, 1.807) is 0 Å². The summed E-state index contributed by atoms with van der Waals surface area (Å²) in [6.45, 7) is 1.37. The number of aromatic nitrogens is 1. The Labute approximate surface area is 124 Å². The van der Waals surface area contributed by atoms with Crippen molar-refractivity contribution in [2.45, 2.75) is 38.5 Å². The Kier molecular flexibility index (Phi) is 7.34. The molecule has 2 rings (SSSR count). The van der Waals surface area contributed by atoms with E-state index in [2.05, 4.69) is 10.3 Å². The molecule has 6 heteroatoms. The van der Waals surface area contributed by atoms with Crippen LogP contribution in [-0.2, 0) is 6.42 Å². The molecule has 1 saturated carbocycles. The van der Waals surface area contributed by atoms with Crippen molar-refractivity contribution in [1.82, 2.24) is 10.3 Å². The first kappa shape index (κ1) is 16.4. The van der Waals surface area contributed by atoms with Crippen LogP contribution in [0.1, 0.15) is 47.6 Å². The van der Waals surface area contributed by atoms with Gasteiger partial charge in [-0.1, -0.05) is 19.3 Å². The summed E-state index contributed by atoms with van der Waals surface area (Å²) >= 11 is 1.51. The van der Waals surface area contributed by atoms with Crippen molar-refractivity contribution in [3.63, 3.8) is 0 Å². The highest BCUT2D eigenvalue weighted by atomic mass is 35.5. The number of thiazole rings is 1. The summed E-state index contributed by atoms with van der Waals surface area (Å²) < 4.78 is 0. The Hall–Kier alpha value is -0.650. The summed E-state index contributed by atoms with van der Waals surface area (Å²) in [4.78, 5) is 16.2. The topological polar surface area (TPSA) is 68.0 Å². The van der Waals surface area contributed by atoms with Crippen LogP contribution in [0.2, 0.25) is 0 Å². The van der Waals surface area contributed by atoms with E-state index < -0.39 is 0 Å². The van der Waals surface area contributed by atoms with Gasteiger partial charge in [0.2, 0.25) is 0 Å². The quantitative estimate of drug-likeness (QED) is 0.877. The molecule has 1 aromatic heterocycles. The van der Waals surface area contributed by atoms with Gasteiger partial charge >= 0.3 is 0 Å². The highest BCUT2D eigenvalue weighted by molar-refractivity contribution is 7.09. The number of carbonyl (C=O) groups excluding carboxylic acids is 1. The molecule has 1 aromatic rings. The lowest BCUT2D eigenvalue weighted by Crippen LogP contribution is -2.30. The number of hydrogen-bond donors (Lipinski definition) is 2. The lowest BCUT2D eigenvalue weighted by molar-refractivity contribution is 0.0939. The summed E-state index contributed by atoms with van der Waals surface area (Å²) in [5.41, 5.74) is 6.01. The molecule has 0 unspecified atom stereocenters. The molecule has 1 heterocycles. The van der Waals surface area contributed by atoms with Gasteiger partial charge in [-0.3, -0.25) is 4.79 Å². The Bertz CT molecular complexity index is 391. The largest absolute Gasteiger partial charge is 0.350 e. The van der Waals surface area contributed by atoms with Crippen LogP contribution in [0.15, 0.2) is 5.38 Å². The molecule has 0 radical (unpaired) electrons. The molecule has 108 valence electrons. The van der Waals surface area contributed by atoms with Crippen molar-refractivity contribution in [3.8, 4) is 0 Å². The van der Waals surface area contributed by atoms with E-state index >= 15 is 0 Å². The van der Waals surface area contributed by atoms with E-state index in [1.165, 1.54) is 43.4 Å². The highest BCUT2D eigenvalue weighted by Crippen LogP contribution is 2.22. The molecule has 1 aliphatic carbocycles. The van der Waals surface area contributed by atoms with E-state index in [0.717, 1.165) is 18.0 Å². The minimum Gasteiger partial charge on any atom is -0.350 e. The second-order valence-electron chi connectivity index (χ2n) is 4.88. The van der Waals surface area contributed by atoms with Crippen LogP contribution in [-0.4, -0.2) is 24.0 Å². The first-order valence-electron chi connectivity index (χ1n) is 6.72. The summed E-state index contributed by atoms with van der Waals surface area (Å²) in [7, 11) is 0. The van der Waals surface area contributed by atoms with Crippen molar-refractivity contribution in [1.29, 1.82) is 0 Å². The van der Waals surface area contributed by atoms with Crippen molar-refractivity contribution in [2.24, 2.45) is 11.7 Å². The second-order valence-corrected chi connectivity index (χ2v) is 5.82. The second kappa shape index (κ2) is 8.51. The SMILES string of the molecule is Cl.NCCc1nc(C(=O)NCC2CCCCC2)cs1. The van der Waals surface area contributed by atoms with Gasteiger partial charge in [0.1, 0.15) is 5.69 Å². The number of nitrogens with zero attached hydrogens (tertiary/aromatic N) is 1. The zero-order valence-electron chi connectivity index (χ0n) is 11.1. The Morgan fingerprint density at radius 1 is 1.42 bits per heavy atom. The lowest BCUT2D eigenvalue weighted by atomic mass is 9.89. The van der Waals surface area contributed by atoms with Crippen LogP contribution in [0.4, 0.5) is 0 Å². The zero-order chi connectivity index (χ0) is 12.8. The fraction of sp³-hybridized carbons (Fsp3) is 0.692. The van der Waals surface area contributed by atoms with Crippen LogP contribution in [0, 0.1) is 5.92 Å². The number of hydrogen-bond acceptors (Lipinski definition) is 4. The normalized spacial score (nSPS) is 15.8. The third kappa shape index (κ3) is 5.09. The molecule has 3 N–H and O–H groups in total. The Morgan fingerprint density at radius 2 is 2.16 bits per heavy atom. The van der Waals surface area contributed by atoms with Crippen molar-refractivity contribution >= 4 is 29.7 Å². The van der Waals surface area contributed by atoms with E-state index in [4.69, 9.17) is 5.73 Å². The van der Waals surface area contributed by atoms with Gasteiger partial charge < -0.3 is 11.1 Å². The van der Waals surface area contributed by atoms with Crippen LogP contribution in [0.25, 0.3) is 0 Å².